The number of hydrogen-bond donors (Lipinski definition) is 3. The molecule has 0 bridgehead atoms. The Kier molecular flexibility index (Phi) is 5.25. The SMILES string of the molecule is O=C(CNC(=O)N[C@H]1CCS(=O)(=O)C1)Nc1cccc(Cl)c1. The minimum atomic E-state index is -3.05. The molecule has 1 aliphatic rings. The summed E-state index contributed by atoms with van der Waals surface area (Å²) in [6.45, 7) is -0.224. The van der Waals surface area contributed by atoms with Gasteiger partial charge in [0, 0.05) is 16.8 Å². The molecule has 1 heterocycles. The molecule has 0 saturated carbocycles. The second kappa shape index (κ2) is 6.97. The van der Waals surface area contributed by atoms with Crippen LogP contribution in [-0.4, -0.2) is 44.4 Å². The third-order valence-electron chi connectivity index (χ3n) is 3.09. The summed E-state index contributed by atoms with van der Waals surface area (Å²) in [6, 6.07) is 5.66. The molecule has 3 amide bonds. The van der Waals surface area contributed by atoms with Gasteiger partial charge in [0.15, 0.2) is 9.84 Å². The highest BCUT2D eigenvalue weighted by atomic mass is 35.5. The second-order valence-electron chi connectivity index (χ2n) is 4.99. The molecule has 1 saturated heterocycles. The van der Waals surface area contributed by atoms with Crippen LogP contribution in [0.1, 0.15) is 6.42 Å². The van der Waals surface area contributed by atoms with E-state index in [1.54, 1.807) is 24.3 Å². The molecule has 1 aromatic carbocycles. The van der Waals surface area contributed by atoms with Crippen molar-refractivity contribution in [3.05, 3.63) is 29.3 Å². The van der Waals surface area contributed by atoms with Crippen LogP contribution in [0.2, 0.25) is 5.02 Å². The molecular weight excluding hydrogens is 330 g/mol. The van der Waals surface area contributed by atoms with Gasteiger partial charge in [-0.15, -0.1) is 0 Å². The van der Waals surface area contributed by atoms with Gasteiger partial charge in [0.05, 0.1) is 18.1 Å². The Morgan fingerprint density at radius 3 is 2.73 bits per heavy atom. The number of amides is 3. The van der Waals surface area contributed by atoms with Gasteiger partial charge in [0.25, 0.3) is 0 Å². The number of nitrogens with one attached hydrogen (secondary N) is 3. The maximum absolute atomic E-state index is 11.7. The van der Waals surface area contributed by atoms with Crippen LogP contribution < -0.4 is 16.0 Å². The quantitative estimate of drug-likeness (QED) is 0.749. The minimum absolute atomic E-state index is 0.0604. The lowest BCUT2D eigenvalue weighted by Gasteiger charge is -2.12. The van der Waals surface area contributed by atoms with E-state index in [4.69, 9.17) is 11.6 Å². The van der Waals surface area contributed by atoms with Crippen LogP contribution >= 0.6 is 11.6 Å². The normalized spacial score (nSPS) is 19.4. The zero-order chi connectivity index (χ0) is 16.2. The highest BCUT2D eigenvalue weighted by Gasteiger charge is 2.28. The van der Waals surface area contributed by atoms with Crippen LogP contribution in [-0.2, 0) is 14.6 Å². The van der Waals surface area contributed by atoms with E-state index in [0.717, 1.165) is 0 Å². The molecule has 22 heavy (non-hydrogen) atoms. The Balaban J connectivity index is 1.73. The first kappa shape index (κ1) is 16.6. The Hall–Kier alpha value is -1.80. The Morgan fingerprint density at radius 1 is 1.32 bits per heavy atom. The van der Waals surface area contributed by atoms with Gasteiger partial charge in [-0.3, -0.25) is 4.79 Å². The molecule has 1 fully saturated rings. The average Bonchev–Trinajstić information content (AvgIpc) is 2.75. The molecule has 0 aromatic heterocycles. The van der Waals surface area contributed by atoms with Gasteiger partial charge >= 0.3 is 6.03 Å². The van der Waals surface area contributed by atoms with Crippen molar-refractivity contribution in [2.45, 2.75) is 12.5 Å². The van der Waals surface area contributed by atoms with Crippen molar-refractivity contribution in [1.29, 1.82) is 0 Å². The monoisotopic (exact) mass is 345 g/mol. The fraction of sp³-hybridized carbons (Fsp3) is 0.385. The number of carbonyl (C=O) groups excluding carboxylic acids is 2. The molecule has 1 aromatic rings. The van der Waals surface area contributed by atoms with Crippen molar-refractivity contribution < 1.29 is 18.0 Å². The number of sulfone groups is 1. The average molecular weight is 346 g/mol. The zero-order valence-corrected chi connectivity index (χ0v) is 13.2. The summed E-state index contributed by atoms with van der Waals surface area (Å²) in [5.41, 5.74) is 0.529. The van der Waals surface area contributed by atoms with Gasteiger partial charge in [-0.1, -0.05) is 17.7 Å². The van der Waals surface area contributed by atoms with Crippen LogP contribution in [0.25, 0.3) is 0 Å². The van der Waals surface area contributed by atoms with E-state index in [-0.39, 0.29) is 18.1 Å². The summed E-state index contributed by atoms with van der Waals surface area (Å²) in [4.78, 5) is 23.3. The predicted molar refractivity (Wildman–Crippen MR) is 83.7 cm³/mol. The second-order valence-corrected chi connectivity index (χ2v) is 7.65. The van der Waals surface area contributed by atoms with E-state index in [2.05, 4.69) is 16.0 Å². The van der Waals surface area contributed by atoms with Crippen molar-refractivity contribution in [2.75, 3.05) is 23.4 Å². The van der Waals surface area contributed by atoms with Crippen molar-refractivity contribution in [1.82, 2.24) is 10.6 Å². The van der Waals surface area contributed by atoms with Gasteiger partial charge in [0.2, 0.25) is 5.91 Å². The lowest BCUT2D eigenvalue weighted by Crippen LogP contribution is -2.45. The summed E-state index contributed by atoms with van der Waals surface area (Å²) < 4.78 is 22.5. The Bertz CT molecular complexity index is 678. The van der Waals surface area contributed by atoms with Gasteiger partial charge in [0.1, 0.15) is 0 Å². The first-order valence-electron chi connectivity index (χ1n) is 6.64. The third kappa shape index (κ3) is 5.19. The number of halogens is 1. The molecule has 0 aliphatic carbocycles. The van der Waals surface area contributed by atoms with Crippen LogP contribution in [0, 0.1) is 0 Å². The maximum Gasteiger partial charge on any atom is 0.315 e. The predicted octanol–water partition coefficient (Wildman–Crippen LogP) is 0.765. The van der Waals surface area contributed by atoms with Crippen LogP contribution in [0.3, 0.4) is 0 Å². The van der Waals surface area contributed by atoms with E-state index >= 15 is 0 Å². The van der Waals surface area contributed by atoms with Gasteiger partial charge < -0.3 is 16.0 Å². The summed E-state index contributed by atoms with van der Waals surface area (Å²) in [5.74, 6) is -0.390. The lowest BCUT2D eigenvalue weighted by atomic mass is 10.3. The number of rotatable bonds is 4. The Morgan fingerprint density at radius 2 is 2.09 bits per heavy atom. The molecule has 0 spiro atoms. The molecule has 120 valence electrons. The number of urea groups is 1. The van der Waals surface area contributed by atoms with Crippen LogP contribution in [0.15, 0.2) is 24.3 Å². The molecule has 1 atom stereocenters. The first-order chi connectivity index (χ1) is 10.3. The third-order valence-corrected chi connectivity index (χ3v) is 5.09. The van der Waals surface area contributed by atoms with Crippen LogP contribution in [0.5, 0.6) is 0 Å². The van der Waals surface area contributed by atoms with E-state index in [1.165, 1.54) is 0 Å². The largest absolute Gasteiger partial charge is 0.334 e. The molecule has 0 radical (unpaired) electrons. The van der Waals surface area contributed by atoms with Gasteiger partial charge in [-0.05, 0) is 24.6 Å². The standard InChI is InChI=1S/C13H16ClN3O4S/c14-9-2-1-3-10(6-9)16-12(18)7-15-13(19)17-11-4-5-22(20,21)8-11/h1-3,6,11H,4-5,7-8H2,(H,16,18)(H2,15,17,19)/t11-/m0/s1. The molecule has 2 rings (SSSR count). The Labute approximate surface area is 133 Å². The summed E-state index contributed by atoms with van der Waals surface area (Å²) in [5, 5.41) is 7.99. The van der Waals surface area contributed by atoms with Gasteiger partial charge in [-0.2, -0.15) is 0 Å². The van der Waals surface area contributed by atoms with E-state index < -0.39 is 27.8 Å². The minimum Gasteiger partial charge on any atom is -0.334 e. The lowest BCUT2D eigenvalue weighted by molar-refractivity contribution is -0.115. The highest BCUT2D eigenvalue weighted by molar-refractivity contribution is 7.91. The number of benzene rings is 1. The molecular formula is C13H16ClN3O4S. The summed E-state index contributed by atoms with van der Waals surface area (Å²) in [6.07, 6.45) is 0.393. The number of hydrogen-bond acceptors (Lipinski definition) is 4. The fourth-order valence-electron chi connectivity index (χ4n) is 2.08. The summed E-state index contributed by atoms with van der Waals surface area (Å²) >= 11 is 5.79. The molecule has 3 N–H and O–H groups in total. The topological polar surface area (TPSA) is 104 Å². The molecule has 9 heteroatoms. The molecule has 7 nitrogen and oxygen atoms in total. The maximum atomic E-state index is 11.7. The van der Waals surface area contributed by atoms with Crippen molar-refractivity contribution >= 4 is 39.1 Å². The molecule has 0 unspecified atom stereocenters. The molecule has 1 aliphatic heterocycles. The number of carbonyl (C=O) groups is 2. The smallest absolute Gasteiger partial charge is 0.315 e. The number of anilines is 1. The van der Waals surface area contributed by atoms with E-state index in [1.807, 2.05) is 0 Å². The van der Waals surface area contributed by atoms with E-state index in [0.29, 0.717) is 17.1 Å². The fourth-order valence-corrected chi connectivity index (χ4v) is 3.94. The summed E-state index contributed by atoms with van der Waals surface area (Å²) in [7, 11) is -3.05. The van der Waals surface area contributed by atoms with Gasteiger partial charge in [-0.25, -0.2) is 13.2 Å². The van der Waals surface area contributed by atoms with Crippen molar-refractivity contribution in [2.24, 2.45) is 0 Å². The van der Waals surface area contributed by atoms with Crippen molar-refractivity contribution in [3.63, 3.8) is 0 Å². The first-order valence-corrected chi connectivity index (χ1v) is 8.84. The zero-order valence-electron chi connectivity index (χ0n) is 11.6. The highest BCUT2D eigenvalue weighted by Crippen LogP contribution is 2.14. The van der Waals surface area contributed by atoms with E-state index in [9.17, 15) is 18.0 Å². The van der Waals surface area contributed by atoms with Crippen LogP contribution in [0.4, 0.5) is 10.5 Å². The van der Waals surface area contributed by atoms with Crippen molar-refractivity contribution in [3.8, 4) is 0 Å².